The SMILES string of the molecule is C=CCn1c(=NC(=O)c2ccc(-c3ccccc3)cc2)sc2cc(C)c(C)cc21. The standard InChI is InChI=1S/C25H22N2OS/c1-4-14-27-22-15-17(2)18(3)16-23(22)29-25(27)26-24(28)21-12-10-20(11-13-21)19-8-6-5-7-9-19/h4-13,15-16H,1,14H2,2-3H3. The van der Waals surface area contributed by atoms with Gasteiger partial charge in [0.2, 0.25) is 0 Å². The number of hydrogen-bond acceptors (Lipinski definition) is 2. The van der Waals surface area contributed by atoms with Crippen molar-refractivity contribution in [2.45, 2.75) is 20.4 Å². The molecule has 1 amide bonds. The van der Waals surface area contributed by atoms with Crippen LogP contribution in [0.5, 0.6) is 0 Å². The van der Waals surface area contributed by atoms with Crippen molar-refractivity contribution in [1.82, 2.24) is 4.57 Å². The molecule has 0 fully saturated rings. The van der Waals surface area contributed by atoms with Crippen molar-refractivity contribution in [3.05, 3.63) is 101 Å². The summed E-state index contributed by atoms with van der Waals surface area (Å²) >= 11 is 1.54. The van der Waals surface area contributed by atoms with Gasteiger partial charge in [0.25, 0.3) is 5.91 Å². The summed E-state index contributed by atoms with van der Waals surface area (Å²) < 4.78 is 3.18. The molecule has 0 aliphatic carbocycles. The third-order valence-corrected chi connectivity index (χ3v) is 6.09. The molecule has 1 heterocycles. The van der Waals surface area contributed by atoms with Gasteiger partial charge in [0, 0.05) is 12.1 Å². The molecule has 0 aliphatic rings. The number of amides is 1. The Labute approximate surface area is 174 Å². The van der Waals surface area contributed by atoms with E-state index in [1.165, 1.54) is 22.5 Å². The molecule has 0 saturated heterocycles. The van der Waals surface area contributed by atoms with Gasteiger partial charge in [-0.2, -0.15) is 4.99 Å². The third-order valence-electron chi connectivity index (χ3n) is 5.05. The normalized spacial score (nSPS) is 11.7. The zero-order chi connectivity index (χ0) is 20.4. The molecule has 4 heteroatoms. The Morgan fingerprint density at radius 2 is 1.66 bits per heavy atom. The van der Waals surface area contributed by atoms with Crippen LogP contribution in [0.25, 0.3) is 21.3 Å². The van der Waals surface area contributed by atoms with E-state index in [0.29, 0.717) is 16.9 Å². The van der Waals surface area contributed by atoms with Crippen molar-refractivity contribution in [2.24, 2.45) is 4.99 Å². The van der Waals surface area contributed by atoms with Crippen LogP contribution in [0, 0.1) is 13.8 Å². The van der Waals surface area contributed by atoms with Crippen molar-refractivity contribution >= 4 is 27.5 Å². The third kappa shape index (κ3) is 3.84. The van der Waals surface area contributed by atoms with Crippen LogP contribution < -0.4 is 4.80 Å². The van der Waals surface area contributed by atoms with Gasteiger partial charge in [0.1, 0.15) is 0 Å². The van der Waals surface area contributed by atoms with E-state index in [1.807, 2.05) is 48.5 Å². The largest absolute Gasteiger partial charge is 0.312 e. The van der Waals surface area contributed by atoms with Gasteiger partial charge in [0.15, 0.2) is 4.80 Å². The second-order valence-electron chi connectivity index (χ2n) is 7.05. The fourth-order valence-corrected chi connectivity index (χ4v) is 4.42. The van der Waals surface area contributed by atoms with Gasteiger partial charge in [-0.1, -0.05) is 59.9 Å². The number of carbonyl (C=O) groups excluding carboxylic acids is 1. The monoisotopic (exact) mass is 398 g/mol. The van der Waals surface area contributed by atoms with Gasteiger partial charge in [-0.3, -0.25) is 4.79 Å². The first-order chi connectivity index (χ1) is 14.1. The number of aryl methyl sites for hydroxylation is 2. The van der Waals surface area contributed by atoms with Gasteiger partial charge < -0.3 is 4.57 Å². The van der Waals surface area contributed by atoms with E-state index in [-0.39, 0.29) is 5.91 Å². The number of benzene rings is 3. The van der Waals surface area contributed by atoms with Crippen LogP contribution in [0.2, 0.25) is 0 Å². The molecule has 0 spiro atoms. The molecule has 0 bridgehead atoms. The van der Waals surface area contributed by atoms with Crippen molar-refractivity contribution in [3.8, 4) is 11.1 Å². The average Bonchev–Trinajstić information content (AvgIpc) is 3.05. The highest BCUT2D eigenvalue weighted by Crippen LogP contribution is 2.23. The first-order valence-corrected chi connectivity index (χ1v) is 10.3. The molecule has 0 atom stereocenters. The lowest BCUT2D eigenvalue weighted by Crippen LogP contribution is -2.16. The van der Waals surface area contributed by atoms with Crippen LogP contribution in [0.3, 0.4) is 0 Å². The van der Waals surface area contributed by atoms with E-state index in [2.05, 4.69) is 54.3 Å². The van der Waals surface area contributed by atoms with Crippen LogP contribution in [-0.4, -0.2) is 10.5 Å². The molecule has 0 radical (unpaired) electrons. The summed E-state index contributed by atoms with van der Waals surface area (Å²) in [5.41, 5.74) is 6.34. The highest BCUT2D eigenvalue weighted by atomic mass is 32.1. The van der Waals surface area contributed by atoms with Crippen LogP contribution in [0.15, 0.2) is 84.4 Å². The van der Waals surface area contributed by atoms with Gasteiger partial charge in [0.05, 0.1) is 10.2 Å². The molecule has 4 aromatic rings. The summed E-state index contributed by atoms with van der Waals surface area (Å²) in [6, 6.07) is 22.0. The summed E-state index contributed by atoms with van der Waals surface area (Å²) in [6.45, 7) is 8.67. The number of thiazole rings is 1. The van der Waals surface area contributed by atoms with Crippen LogP contribution in [0.4, 0.5) is 0 Å². The molecule has 1 aromatic heterocycles. The van der Waals surface area contributed by atoms with Gasteiger partial charge in [-0.05, 0) is 60.4 Å². The Balaban J connectivity index is 1.73. The summed E-state index contributed by atoms with van der Waals surface area (Å²) in [4.78, 5) is 18.0. The van der Waals surface area contributed by atoms with Crippen LogP contribution >= 0.6 is 11.3 Å². The molecule has 29 heavy (non-hydrogen) atoms. The topological polar surface area (TPSA) is 34.4 Å². The van der Waals surface area contributed by atoms with E-state index < -0.39 is 0 Å². The number of nitrogens with zero attached hydrogens (tertiary/aromatic N) is 2. The highest BCUT2D eigenvalue weighted by Gasteiger charge is 2.10. The fraction of sp³-hybridized carbons (Fsp3) is 0.120. The molecule has 0 N–H and O–H groups in total. The second kappa shape index (κ2) is 8.02. The number of hydrogen-bond donors (Lipinski definition) is 0. The molecule has 0 saturated carbocycles. The number of carbonyl (C=O) groups is 1. The van der Waals surface area contributed by atoms with Gasteiger partial charge in [-0.15, -0.1) is 6.58 Å². The number of fused-ring (bicyclic) bond motifs is 1. The molecule has 0 aliphatic heterocycles. The minimum absolute atomic E-state index is 0.234. The first kappa shape index (κ1) is 19.1. The Bertz CT molecular complexity index is 1260. The highest BCUT2D eigenvalue weighted by molar-refractivity contribution is 7.16. The molecule has 144 valence electrons. The summed E-state index contributed by atoms with van der Waals surface area (Å²) in [5, 5.41) is 0. The molecule has 4 rings (SSSR count). The second-order valence-corrected chi connectivity index (χ2v) is 8.06. The predicted molar refractivity (Wildman–Crippen MR) is 121 cm³/mol. The quantitative estimate of drug-likeness (QED) is 0.393. The maximum Gasteiger partial charge on any atom is 0.279 e. The maximum atomic E-state index is 12.8. The Morgan fingerprint density at radius 3 is 2.34 bits per heavy atom. The van der Waals surface area contributed by atoms with E-state index in [0.717, 1.165) is 21.3 Å². The van der Waals surface area contributed by atoms with Crippen LogP contribution in [0.1, 0.15) is 21.5 Å². The lowest BCUT2D eigenvalue weighted by atomic mass is 10.0. The smallest absolute Gasteiger partial charge is 0.279 e. The van der Waals surface area contributed by atoms with Crippen molar-refractivity contribution in [2.75, 3.05) is 0 Å². The van der Waals surface area contributed by atoms with E-state index >= 15 is 0 Å². The average molecular weight is 399 g/mol. The van der Waals surface area contributed by atoms with Gasteiger partial charge >= 0.3 is 0 Å². The van der Waals surface area contributed by atoms with Crippen molar-refractivity contribution in [1.29, 1.82) is 0 Å². The van der Waals surface area contributed by atoms with Crippen molar-refractivity contribution < 1.29 is 4.79 Å². The Kier molecular flexibility index (Phi) is 5.28. The summed E-state index contributed by atoms with van der Waals surface area (Å²) in [5.74, 6) is -0.234. The summed E-state index contributed by atoms with van der Waals surface area (Å²) in [6.07, 6.45) is 1.83. The Hall–Kier alpha value is -3.24. The number of allylic oxidation sites excluding steroid dienone is 1. The zero-order valence-electron chi connectivity index (χ0n) is 16.6. The lowest BCUT2D eigenvalue weighted by Gasteiger charge is -2.04. The molecule has 0 unspecified atom stereocenters. The fourth-order valence-electron chi connectivity index (χ4n) is 3.30. The Morgan fingerprint density at radius 1 is 1.00 bits per heavy atom. The first-order valence-electron chi connectivity index (χ1n) is 9.53. The van der Waals surface area contributed by atoms with E-state index in [9.17, 15) is 4.79 Å². The molecular formula is C25H22N2OS. The van der Waals surface area contributed by atoms with Crippen LogP contribution in [-0.2, 0) is 6.54 Å². The number of aromatic nitrogens is 1. The maximum absolute atomic E-state index is 12.8. The van der Waals surface area contributed by atoms with E-state index in [4.69, 9.17) is 0 Å². The molecule has 3 aromatic carbocycles. The zero-order valence-corrected chi connectivity index (χ0v) is 17.4. The summed E-state index contributed by atoms with van der Waals surface area (Å²) in [7, 11) is 0. The predicted octanol–water partition coefficient (Wildman–Crippen LogP) is 5.91. The van der Waals surface area contributed by atoms with Crippen molar-refractivity contribution in [3.63, 3.8) is 0 Å². The minimum atomic E-state index is -0.234. The minimum Gasteiger partial charge on any atom is -0.312 e. The number of rotatable bonds is 4. The lowest BCUT2D eigenvalue weighted by molar-refractivity contribution is 0.0998. The molecular weight excluding hydrogens is 376 g/mol. The van der Waals surface area contributed by atoms with E-state index in [1.54, 1.807) is 0 Å². The molecule has 3 nitrogen and oxygen atoms in total. The van der Waals surface area contributed by atoms with Gasteiger partial charge in [-0.25, -0.2) is 0 Å².